The fraction of sp³-hybridized carbons (Fsp3) is 0.857. The summed E-state index contributed by atoms with van der Waals surface area (Å²) in [6, 6.07) is -4.22. The van der Waals surface area contributed by atoms with Crippen LogP contribution in [0.25, 0.3) is 0 Å². The van der Waals surface area contributed by atoms with Gasteiger partial charge in [0.15, 0.2) is 0 Å². The molecule has 1 saturated heterocycles. The van der Waals surface area contributed by atoms with Gasteiger partial charge in [0.2, 0.25) is 27.6 Å². The molecule has 5 atom stereocenters. The van der Waals surface area contributed by atoms with E-state index in [0.717, 1.165) is 6.42 Å². The van der Waals surface area contributed by atoms with E-state index in [0.29, 0.717) is 19.3 Å². The van der Waals surface area contributed by atoms with E-state index in [1.165, 1.54) is 16.3 Å². The zero-order valence-electron chi connectivity index (χ0n) is 32.6. The van der Waals surface area contributed by atoms with Gasteiger partial charge in [0.1, 0.15) is 12.1 Å². The lowest BCUT2D eigenvalue weighted by atomic mass is 9.84. The molecule has 0 bridgehead atoms. The molecule has 0 saturated carbocycles. The quantitative estimate of drug-likeness (QED) is 0.188. The van der Waals surface area contributed by atoms with Crippen molar-refractivity contribution in [3.8, 4) is 0 Å². The van der Waals surface area contributed by atoms with Crippen LogP contribution in [0, 0.1) is 22.7 Å². The van der Waals surface area contributed by atoms with E-state index < -0.39 is 79.3 Å². The van der Waals surface area contributed by atoms with E-state index in [-0.39, 0.29) is 31.5 Å². The predicted molar refractivity (Wildman–Crippen MR) is 193 cm³/mol. The zero-order chi connectivity index (χ0) is 38.3. The van der Waals surface area contributed by atoms with E-state index >= 15 is 0 Å². The Hall–Kier alpha value is -2.74. The van der Waals surface area contributed by atoms with Crippen LogP contribution in [0.1, 0.15) is 116 Å². The lowest BCUT2D eigenvalue weighted by Crippen LogP contribution is -2.62. The Morgan fingerprint density at radius 1 is 0.878 bits per heavy atom. The Morgan fingerprint density at radius 2 is 1.45 bits per heavy atom. The summed E-state index contributed by atoms with van der Waals surface area (Å²) in [4.78, 5) is 68.9. The molecular formula is C35H66N6O7S. The summed E-state index contributed by atoms with van der Waals surface area (Å²) in [5, 5.41) is 11.1. The van der Waals surface area contributed by atoms with Crippen molar-refractivity contribution in [3.05, 3.63) is 0 Å². The number of nitrogens with one attached hydrogen (secondary N) is 4. The van der Waals surface area contributed by atoms with Crippen molar-refractivity contribution in [2.24, 2.45) is 22.7 Å². The van der Waals surface area contributed by atoms with Crippen molar-refractivity contribution < 1.29 is 32.4 Å². The first-order valence-corrected chi connectivity index (χ1v) is 19.1. The molecule has 4 N–H and O–H groups in total. The van der Waals surface area contributed by atoms with Crippen LogP contribution < -0.4 is 21.3 Å². The van der Waals surface area contributed by atoms with Gasteiger partial charge in [-0.3, -0.25) is 19.2 Å². The smallest absolute Gasteiger partial charge is 0.315 e. The van der Waals surface area contributed by atoms with Gasteiger partial charge in [-0.1, -0.05) is 75.2 Å². The molecule has 14 heteroatoms. The molecule has 284 valence electrons. The van der Waals surface area contributed by atoms with Crippen LogP contribution in [-0.4, -0.2) is 103 Å². The summed E-state index contributed by atoms with van der Waals surface area (Å²) >= 11 is 0. The van der Waals surface area contributed by atoms with Gasteiger partial charge in [-0.2, -0.15) is 0 Å². The highest BCUT2D eigenvalue weighted by Gasteiger charge is 2.48. The van der Waals surface area contributed by atoms with Gasteiger partial charge < -0.3 is 26.2 Å². The number of nitrogens with zero attached hydrogens (tertiary/aromatic N) is 2. The fourth-order valence-corrected chi connectivity index (χ4v) is 7.22. The molecule has 0 spiro atoms. The van der Waals surface area contributed by atoms with Crippen molar-refractivity contribution >= 4 is 39.6 Å². The minimum atomic E-state index is -3.67. The van der Waals surface area contributed by atoms with E-state index in [4.69, 9.17) is 0 Å². The number of hydrogen-bond acceptors (Lipinski definition) is 7. The second-order valence-corrected chi connectivity index (χ2v) is 19.6. The molecule has 1 aliphatic heterocycles. The second-order valence-electron chi connectivity index (χ2n) is 16.8. The number of sulfonamides is 1. The molecule has 13 nitrogen and oxygen atoms in total. The average Bonchev–Trinajstić information content (AvgIpc) is 3.41. The maximum absolute atomic E-state index is 14.4. The number of rotatable bonds is 15. The Balaban J connectivity index is 3.39. The monoisotopic (exact) mass is 714 g/mol. The van der Waals surface area contributed by atoms with Crippen LogP contribution in [0.2, 0.25) is 0 Å². The lowest BCUT2D eigenvalue weighted by molar-refractivity contribution is -0.144. The standard InChI is InChI=1S/C35H66N6O7S/c1-15-17-18-24(27(42)30(44)36-16-2)37-29(43)26-23(22(3)4)19-20-41(26)31(45)28(34(8,9)10)39-32(46)38-25(33(5,6)7)21-40(14)49(47,48)35(11,12)13/h22-26,28H,15-21H2,1-14H3,(H,36,44)(H,37,43)(H2,38,39,46)/t23?,24?,25-,26+,28-/m1/s1. The Bertz CT molecular complexity index is 1280. The third kappa shape index (κ3) is 11.9. The minimum absolute atomic E-state index is 0.0172. The first-order valence-electron chi connectivity index (χ1n) is 17.7. The lowest BCUT2D eigenvalue weighted by Gasteiger charge is -2.39. The van der Waals surface area contributed by atoms with Gasteiger partial charge in [-0.25, -0.2) is 17.5 Å². The van der Waals surface area contributed by atoms with E-state index in [1.807, 2.05) is 62.3 Å². The second kappa shape index (κ2) is 17.5. The zero-order valence-corrected chi connectivity index (χ0v) is 33.4. The molecule has 0 aromatic rings. The molecule has 49 heavy (non-hydrogen) atoms. The fourth-order valence-electron chi connectivity index (χ4n) is 5.94. The topological polar surface area (TPSA) is 174 Å². The Morgan fingerprint density at radius 3 is 1.90 bits per heavy atom. The number of unbranched alkanes of at least 4 members (excludes halogenated alkanes) is 1. The van der Waals surface area contributed by atoms with Crippen molar-refractivity contribution in [2.45, 2.75) is 145 Å². The summed E-state index contributed by atoms with van der Waals surface area (Å²) in [7, 11) is -2.19. The SMILES string of the molecule is CCCCC(NC(=O)[C@@H]1C(C(C)C)CCN1C(=O)[C@@H](NC(=O)N[C@H](CN(C)S(=O)(=O)C(C)(C)C)C(C)(C)C)C(C)(C)C)C(=O)C(=O)NCC. The molecule has 0 aromatic carbocycles. The molecule has 1 fully saturated rings. The number of Topliss-reactive ketones (excluding diaryl/α,β-unsaturated/α-hetero) is 1. The predicted octanol–water partition coefficient (Wildman–Crippen LogP) is 3.43. The normalized spacial score (nSPS) is 19.3. The van der Waals surface area contributed by atoms with Crippen LogP contribution in [0.15, 0.2) is 0 Å². The van der Waals surface area contributed by atoms with Crippen molar-refractivity contribution in [2.75, 3.05) is 26.7 Å². The maximum Gasteiger partial charge on any atom is 0.315 e. The average molecular weight is 715 g/mol. The number of amides is 5. The van der Waals surface area contributed by atoms with Gasteiger partial charge >= 0.3 is 6.03 Å². The van der Waals surface area contributed by atoms with Gasteiger partial charge in [-0.05, 0) is 63.2 Å². The number of carbonyl (C=O) groups is 5. The number of likely N-dealkylation sites (tertiary alicyclic amines) is 1. The summed E-state index contributed by atoms with van der Waals surface area (Å²) in [6.45, 7) is 24.2. The van der Waals surface area contributed by atoms with Gasteiger partial charge in [0.25, 0.3) is 5.91 Å². The third-order valence-corrected chi connectivity index (χ3v) is 11.8. The van der Waals surface area contributed by atoms with Crippen LogP contribution in [0.5, 0.6) is 0 Å². The van der Waals surface area contributed by atoms with Gasteiger partial charge in [-0.15, -0.1) is 0 Å². The Kier molecular flexibility index (Phi) is 15.8. The maximum atomic E-state index is 14.4. The van der Waals surface area contributed by atoms with Crippen LogP contribution >= 0.6 is 0 Å². The Labute approximate surface area is 295 Å². The van der Waals surface area contributed by atoms with Crippen molar-refractivity contribution in [3.63, 3.8) is 0 Å². The molecule has 2 unspecified atom stereocenters. The van der Waals surface area contributed by atoms with Crippen molar-refractivity contribution in [1.29, 1.82) is 0 Å². The highest BCUT2D eigenvalue weighted by molar-refractivity contribution is 7.90. The largest absolute Gasteiger partial charge is 0.350 e. The molecular weight excluding hydrogens is 648 g/mol. The highest BCUT2D eigenvalue weighted by Crippen LogP contribution is 2.34. The van der Waals surface area contributed by atoms with Crippen LogP contribution in [0.4, 0.5) is 4.79 Å². The number of carbonyl (C=O) groups excluding carboxylic acids is 5. The molecule has 0 aliphatic carbocycles. The number of hydrogen-bond donors (Lipinski definition) is 4. The number of ketones is 1. The minimum Gasteiger partial charge on any atom is -0.350 e. The van der Waals surface area contributed by atoms with Crippen LogP contribution in [-0.2, 0) is 29.2 Å². The third-order valence-electron chi connectivity index (χ3n) is 9.26. The molecule has 5 amide bonds. The first kappa shape index (κ1) is 44.3. The highest BCUT2D eigenvalue weighted by atomic mass is 32.2. The number of urea groups is 1. The van der Waals surface area contributed by atoms with E-state index in [1.54, 1.807) is 27.7 Å². The number of likely N-dealkylation sites (N-methyl/N-ethyl adjacent to an activating group) is 2. The van der Waals surface area contributed by atoms with Crippen molar-refractivity contribution in [1.82, 2.24) is 30.5 Å². The van der Waals surface area contributed by atoms with Gasteiger partial charge in [0, 0.05) is 32.7 Å². The molecule has 1 rings (SSSR count). The molecule has 0 aromatic heterocycles. The molecule has 1 aliphatic rings. The van der Waals surface area contributed by atoms with E-state index in [9.17, 15) is 32.4 Å². The molecule has 0 radical (unpaired) electrons. The summed E-state index contributed by atoms with van der Waals surface area (Å²) in [6.07, 6.45) is 2.22. The van der Waals surface area contributed by atoms with Crippen LogP contribution in [0.3, 0.4) is 0 Å². The summed E-state index contributed by atoms with van der Waals surface area (Å²) < 4.78 is 26.4. The first-order chi connectivity index (χ1) is 22.2. The van der Waals surface area contributed by atoms with E-state index in [2.05, 4.69) is 21.3 Å². The molecule has 1 heterocycles. The summed E-state index contributed by atoms with van der Waals surface area (Å²) in [5.41, 5.74) is -1.31. The van der Waals surface area contributed by atoms with Gasteiger partial charge in [0.05, 0.1) is 10.8 Å². The summed E-state index contributed by atoms with van der Waals surface area (Å²) in [5.74, 6) is -2.61.